The molecule has 0 spiro atoms. The van der Waals surface area contributed by atoms with Crippen LogP contribution in [0, 0.1) is 21.7 Å². The highest BCUT2D eigenvalue weighted by molar-refractivity contribution is 9.15. The Morgan fingerprint density at radius 3 is 1.25 bits per heavy atom. The highest BCUT2D eigenvalue weighted by atomic mass is 79.9. The van der Waals surface area contributed by atoms with E-state index >= 15 is 0 Å². The Morgan fingerprint density at radius 2 is 0.785 bits per heavy atom. The van der Waals surface area contributed by atoms with Crippen molar-refractivity contribution in [2.75, 3.05) is 26.4 Å². The first-order valence-corrected chi connectivity index (χ1v) is 24.1. The highest BCUT2D eigenvalue weighted by Crippen LogP contribution is 2.34. The number of hydrogen-bond acceptors (Lipinski definition) is 4. The van der Waals surface area contributed by atoms with Crippen molar-refractivity contribution in [3.05, 3.63) is 140 Å². The zero-order valence-corrected chi connectivity index (χ0v) is 42.4. The smallest absolute Gasteiger partial charge is 0.123 e. The summed E-state index contributed by atoms with van der Waals surface area (Å²) in [4.78, 5) is 15.1. The molecular weight excluding hydrogens is 873 g/mol. The molecule has 8 bridgehead atoms. The van der Waals surface area contributed by atoms with Crippen molar-refractivity contribution in [1.29, 1.82) is 0 Å². The summed E-state index contributed by atoms with van der Waals surface area (Å²) in [5, 5.41) is 3.81. The number of ether oxygens (including phenoxy) is 4. The van der Waals surface area contributed by atoms with E-state index in [4.69, 9.17) is 18.9 Å². The first-order chi connectivity index (χ1) is 30.5. The van der Waals surface area contributed by atoms with Crippen molar-refractivity contribution in [2.45, 2.75) is 109 Å². The number of benzene rings is 2. The van der Waals surface area contributed by atoms with Gasteiger partial charge < -0.3 is 38.9 Å². The van der Waals surface area contributed by atoms with Crippen LogP contribution in [0.1, 0.15) is 143 Å². The minimum Gasteiger partial charge on any atom is -0.493 e. The fourth-order valence-corrected chi connectivity index (χ4v) is 7.97. The molecule has 4 aromatic heterocycles. The van der Waals surface area contributed by atoms with Gasteiger partial charge >= 0.3 is 0 Å². The second kappa shape index (κ2) is 19.3. The third-order valence-electron chi connectivity index (χ3n) is 11.5. The maximum atomic E-state index is 6.47. The molecule has 4 N–H and O–H groups in total. The minimum atomic E-state index is 0.151. The second-order valence-electron chi connectivity index (χ2n) is 22.5. The molecule has 0 saturated carbocycles. The van der Waals surface area contributed by atoms with Gasteiger partial charge in [0.05, 0.1) is 42.0 Å². The molecule has 1 aliphatic rings. The van der Waals surface area contributed by atoms with E-state index in [1.165, 1.54) is 0 Å². The van der Waals surface area contributed by atoms with E-state index in [1.807, 2.05) is 12.1 Å². The van der Waals surface area contributed by atoms with Crippen LogP contribution in [0.2, 0.25) is 0 Å². The minimum absolute atomic E-state index is 0.151. The maximum Gasteiger partial charge on any atom is 0.123 e. The molecule has 346 valence electrons. The standard InChI is InChI=1S/C56H71BrN4O4/c1-53(2,3)21-25-62-40-29-36(30-41(34-40)63-26-22-54(4,5)6)50-44-15-13-38(58-44)33-39-14-16-45(59-39)51(47-18-20-49(61-47)52(57)48-19-17-46(50)60-48)37-31-42(64-27-23-55(7,8)9)35-43(32-37)65-28-24-56(10,11)12/h13-20,29-35,58-61H,21-28H2,1-12H3. The van der Waals surface area contributed by atoms with Crippen molar-refractivity contribution in [1.82, 2.24) is 19.9 Å². The van der Waals surface area contributed by atoms with Crippen LogP contribution >= 0.6 is 15.9 Å². The first kappa shape index (κ1) is 47.7. The summed E-state index contributed by atoms with van der Waals surface area (Å²) >= 11 is 4.01. The molecule has 65 heavy (non-hydrogen) atoms. The second-order valence-corrected chi connectivity index (χ2v) is 23.3. The summed E-state index contributed by atoms with van der Waals surface area (Å²) in [6, 6.07) is 29.7. The zero-order valence-electron chi connectivity index (χ0n) is 40.8. The molecule has 0 atom stereocenters. The van der Waals surface area contributed by atoms with Gasteiger partial charge in [0, 0.05) is 56.4 Å². The van der Waals surface area contributed by atoms with Gasteiger partial charge in [0.15, 0.2) is 0 Å². The molecule has 0 unspecified atom stereocenters. The zero-order chi connectivity index (χ0) is 46.7. The molecule has 0 fully saturated rings. The van der Waals surface area contributed by atoms with Crippen LogP contribution in [0.4, 0.5) is 0 Å². The lowest BCUT2D eigenvalue weighted by Gasteiger charge is -2.20. The summed E-state index contributed by atoms with van der Waals surface area (Å²) < 4.78 is 26.8. The van der Waals surface area contributed by atoms with Crippen molar-refractivity contribution in [3.63, 3.8) is 0 Å². The van der Waals surface area contributed by atoms with E-state index < -0.39 is 0 Å². The Labute approximate surface area is 394 Å². The van der Waals surface area contributed by atoms with Crippen LogP contribution in [-0.4, -0.2) is 46.4 Å². The number of nitrogens with one attached hydrogen (secondary N) is 4. The predicted octanol–water partition coefficient (Wildman–Crippen LogP) is 11.4. The van der Waals surface area contributed by atoms with Crippen molar-refractivity contribution in [3.8, 4) is 23.0 Å². The number of halogens is 1. The lowest BCUT2D eigenvalue weighted by molar-refractivity contribution is 0.233. The summed E-state index contributed by atoms with van der Waals surface area (Å²) in [5.74, 6) is 3.13. The third kappa shape index (κ3) is 13.4. The van der Waals surface area contributed by atoms with Gasteiger partial charge in [0.25, 0.3) is 0 Å². The first-order valence-electron chi connectivity index (χ1n) is 23.3. The Bertz CT molecular complexity index is 2770. The van der Waals surface area contributed by atoms with Crippen LogP contribution in [0.25, 0.3) is 21.7 Å². The van der Waals surface area contributed by atoms with Gasteiger partial charge in [-0.2, -0.15) is 0 Å². The number of hydrogen-bond donors (Lipinski definition) is 4. The summed E-state index contributed by atoms with van der Waals surface area (Å²) in [5.41, 5.74) is 8.39. The van der Waals surface area contributed by atoms with Gasteiger partial charge in [-0.15, -0.1) is 0 Å². The molecule has 0 amide bonds. The van der Waals surface area contributed by atoms with Crippen LogP contribution in [0.5, 0.6) is 23.0 Å². The van der Waals surface area contributed by atoms with Crippen LogP contribution in [0.3, 0.4) is 0 Å². The van der Waals surface area contributed by atoms with Crippen molar-refractivity contribution >= 4 is 37.6 Å². The predicted molar refractivity (Wildman–Crippen MR) is 271 cm³/mol. The van der Waals surface area contributed by atoms with E-state index in [0.29, 0.717) is 26.4 Å². The Balaban J connectivity index is 1.37. The topological polar surface area (TPSA) is 100 Å². The van der Waals surface area contributed by atoms with Gasteiger partial charge in [-0.1, -0.05) is 83.1 Å². The van der Waals surface area contributed by atoms with Crippen LogP contribution < -0.4 is 40.3 Å². The number of rotatable bonds is 14. The lowest BCUT2D eigenvalue weighted by atomic mass is 9.93. The normalized spacial score (nSPS) is 13.5. The van der Waals surface area contributed by atoms with E-state index in [2.05, 4.69) is 198 Å². The lowest BCUT2D eigenvalue weighted by Crippen LogP contribution is -2.17. The van der Waals surface area contributed by atoms with Crippen LogP contribution in [-0.2, 0) is 0 Å². The molecule has 2 aromatic carbocycles. The van der Waals surface area contributed by atoms with Crippen LogP contribution in [0.15, 0.2) is 84.9 Å². The molecular formula is C56H71BrN4O4. The molecule has 7 rings (SSSR count). The molecule has 8 nitrogen and oxygen atoms in total. The third-order valence-corrected chi connectivity index (χ3v) is 12.3. The number of aromatic amines is 4. The molecule has 0 saturated heterocycles. The number of aromatic nitrogens is 4. The fourth-order valence-electron chi connectivity index (χ4n) is 7.51. The average Bonchev–Trinajstić information content (AvgIpc) is 4.03. The number of fused-ring (bicyclic) bond motifs is 8. The van der Waals surface area contributed by atoms with E-state index in [-0.39, 0.29) is 21.7 Å². The Morgan fingerprint density at radius 1 is 0.400 bits per heavy atom. The molecule has 9 heteroatoms. The summed E-state index contributed by atoms with van der Waals surface area (Å²) in [7, 11) is 0. The fraction of sp³-hybridized carbons (Fsp3) is 0.429. The molecule has 5 heterocycles. The highest BCUT2D eigenvalue weighted by Gasteiger charge is 2.20. The number of H-pyrrole nitrogens is 4. The Kier molecular flexibility index (Phi) is 14.1. The Hall–Kier alpha value is -5.28. The van der Waals surface area contributed by atoms with E-state index in [0.717, 1.165) is 120 Å². The van der Waals surface area contributed by atoms with Crippen molar-refractivity contribution in [2.24, 2.45) is 21.7 Å². The van der Waals surface area contributed by atoms with Gasteiger partial charge in [-0.3, -0.25) is 0 Å². The van der Waals surface area contributed by atoms with E-state index in [9.17, 15) is 0 Å². The van der Waals surface area contributed by atoms with Crippen molar-refractivity contribution < 1.29 is 18.9 Å². The largest absolute Gasteiger partial charge is 0.493 e. The summed E-state index contributed by atoms with van der Waals surface area (Å²) in [6.07, 6.45) is 5.87. The maximum absolute atomic E-state index is 6.47. The SMILES string of the molecule is CC(C)(C)CCOc1cc(OCCC(C)(C)C)cc(C2=c3ccc([nH]3)=Cc3ccc([nH]3)C(c3cc(OCCC(C)(C)C)cc(OCCC(C)(C)C)c3)=c3ccc([nH]3)=C(Br)c3ccc2[nH]3)c1. The van der Waals surface area contributed by atoms with Gasteiger partial charge in [0.2, 0.25) is 0 Å². The molecule has 6 aromatic rings. The summed E-state index contributed by atoms with van der Waals surface area (Å²) in [6.45, 7) is 29.3. The van der Waals surface area contributed by atoms with E-state index in [1.54, 1.807) is 0 Å². The monoisotopic (exact) mass is 942 g/mol. The molecule has 1 aliphatic heterocycles. The average molecular weight is 944 g/mol. The van der Waals surface area contributed by atoms with Gasteiger partial charge in [-0.05, 0) is 153 Å². The molecule has 0 aliphatic carbocycles. The molecule has 0 radical (unpaired) electrons. The van der Waals surface area contributed by atoms with Gasteiger partial charge in [-0.25, -0.2) is 0 Å². The van der Waals surface area contributed by atoms with Gasteiger partial charge in [0.1, 0.15) is 23.0 Å². The quantitative estimate of drug-likeness (QED) is 0.0874.